The van der Waals surface area contributed by atoms with E-state index in [9.17, 15) is 14.4 Å². The van der Waals surface area contributed by atoms with Crippen molar-refractivity contribution in [2.75, 3.05) is 13.2 Å². The Morgan fingerprint density at radius 2 is 0.493 bits per heavy atom. The molecule has 0 saturated carbocycles. The van der Waals surface area contributed by atoms with E-state index in [0.717, 1.165) is 83.5 Å². The first kappa shape index (κ1) is 70.1. The summed E-state index contributed by atoms with van der Waals surface area (Å²) in [4.78, 5) is 38.3. The van der Waals surface area contributed by atoms with Crippen LogP contribution in [0.15, 0.2) is 60.8 Å². The quantitative estimate of drug-likeness (QED) is 0.0261. The summed E-state index contributed by atoms with van der Waals surface area (Å²) in [6, 6.07) is 0. The van der Waals surface area contributed by atoms with Crippen LogP contribution < -0.4 is 0 Å². The predicted molar refractivity (Wildman–Crippen MR) is 316 cm³/mol. The molecule has 0 saturated heterocycles. The Hall–Kier alpha value is -2.89. The van der Waals surface area contributed by atoms with Gasteiger partial charge in [0.05, 0.1) is 0 Å². The Labute approximate surface area is 453 Å². The number of carbonyl (C=O) groups excluding carboxylic acids is 3. The topological polar surface area (TPSA) is 78.9 Å². The molecule has 1 unspecified atom stereocenters. The molecule has 0 aliphatic heterocycles. The van der Waals surface area contributed by atoms with Crippen LogP contribution in [0.4, 0.5) is 0 Å². The number of ether oxygens (including phenoxy) is 3. The number of allylic oxidation sites excluding steroid dienone is 10. The summed E-state index contributed by atoms with van der Waals surface area (Å²) in [6.45, 7) is 6.63. The molecule has 0 fully saturated rings. The summed E-state index contributed by atoms with van der Waals surface area (Å²) >= 11 is 0. The largest absolute Gasteiger partial charge is 0.462 e. The van der Waals surface area contributed by atoms with Crippen LogP contribution in [-0.4, -0.2) is 37.2 Å². The van der Waals surface area contributed by atoms with E-state index in [-0.39, 0.29) is 31.1 Å². The van der Waals surface area contributed by atoms with E-state index < -0.39 is 6.10 Å². The van der Waals surface area contributed by atoms with Gasteiger partial charge in [0.1, 0.15) is 13.2 Å². The highest BCUT2D eigenvalue weighted by Gasteiger charge is 2.19. The summed E-state index contributed by atoms with van der Waals surface area (Å²) in [5.74, 6) is -0.890. The van der Waals surface area contributed by atoms with Crippen LogP contribution in [0.2, 0.25) is 0 Å². The summed E-state index contributed by atoms with van der Waals surface area (Å²) in [6.07, 6.45) is 77.9. The third kappa shape index (κ3) is 59.9. The Morgan fingerprint density at radius 3 is 0.795 bits per heavy atom. The first-order valence-corrected chi connectivity index (χ1v) is 31.8. The third-order valence-corrected chi connectivity index (χ3v) is 14.0. The highest BCUT2D eigenvalue weighted by Crippen LogP contribution is 2.16. The molecule has 0 heterocycles. The van der Waals surface area contributed by atoms with Crippen molar-refractivity contribution in [1.29, 1.82) is 0 Å². The molecule has 0 N–H and O–H groups in total. The lowest BCUT2D eigenvalue weighted by atomic mass is 10.1. The second kappa shape index (κ2) is 61.7. The molecule has 1 atom stereocenters. The molecule has 0 aromatic rings. The third-order valence-electron chi connectivity index (χ3n) is 14.0. The summed E-state index contributed by atoms with van der Waals surface area (Å²) in [5.41, 5.74) is 0. The molecule has 0 radical (unpaired) electrons. The van der Waals surface area contributed by atoms with Gasteiger partial charge in [0, 0.05) is 19.3 Å². The monoisotopic (exact) mass is 1020 g/mol. The molecule has 0 aliphatic carbocycles. The highest BCUT2D eigenvalue weighted by atomic mass is 16.6. The zero-order valence-corrected chi connectivity index (χ0v) is 48.7. The number of unbranched alkanes of at least 4 members (excludes halogenated alkanes) is 37. The first-order valence-electron chi connectivity index (χ1n) is 31.8. The van der Waals surface area contributed by atoms with Gasteiger partial charge in [0.2, 0.25) is 0 Å². The van der Waals surface area contributed by atoms with E-state index in [2.05, 4.69) is 81.5 Å². The smallest absolute Gasteiger partial charge is 0.306 e. The Kier molecular flexibility index (Phi) is 59.2. The lowest BCUT2D eigenvalue weighted by molar-refractivity contribution is -0.167. The van der Waals surface area contributed by atoms with E-state index >= 15 is 0 Å². The van der Waals surface area contributed by atoms with E-state index in [4.69, 9.17) is 14.2 Å². The standard InChI is InChI=1S/C67H120O6/c1-4-7-10-13-16-19-22-25-27-29-31-33-35-37-39-42-45-48-51-54-57-60-66(69)72-63-64(62-71-65(68)59-56-53-50-47-44-41-24-21-18-15-12-9-6-3)73-67(70)61-58-55-52-49-46-43-40-38-36-34-32-30-28-26-23-20-17-14-11-8-5-2/h21-22,24-25,29-32,35,37,64H,4-20,23,26-28,33-34,36,38-63H2,1-3H3/b24-21-,25-22-,31-29-,32-30-,37-35-. The number of rotatable bonds is 58. The molecule has 0 rings (SSSR count). The molecular weight excluding hydrogens is 901 g/mol. The number of hydrogen-bond donors (Lipinski definition) is 0. The first-order chi connectivity index (χ1) is 36.0. The molecule has 0 aromatic carbocycles. The van der Waals surface area contributed by atoms with Gasteiger partial charge < -0.3 is 14.2 Å². The minimum Gasteiger partial charge on any atom is -0.462 e. The normalized spacial score (nSPS) is 12.4. The van der Waals surface area contributed by atoms with Crippen LogP contribution in [0.3, 0.4) is 0 Å². The minimum atomic E-state index is -0.785. The molecule has 0 aromatic heterocycles. The van der Waals surface area contributed by atoms with Crippen LogP contribution in [-0.2, 0) is 28.6 Å². The van der Waals surface area contributed by atoms with Gasteiger partial charge in [0.25, 0.3) is 0 Å². The van der Waals surface area contributed by atoms with Crippen LogP contribution in [0.5, 0.6) is 0 Å². The fourth-order valence-electron chi connectivity index (χ4n) is 9.15. The molecule has 6 heteroatoms. The van der Waals surface area contributed by atoms with Crippen LogP contribution in [0.25, 0.3) is 0 Å². The zero-order valence-electron chi connectivity index (χ0n) is 48.7. The van der Waals surface area contributed by atoms with Gasteiger partial charge in [-0.25, -0.2) is 0 Å². The predicted octanol–water partition coefficient (Wildman–Crippen LogP) is 21.6. The fraction of sp³-hybridized carbons (Fsp3) is 0.806. The second-order valence-corrected chi connectivity index (χ2v) is 21.3. The van der Waals surface area contributed by atoms with E-state index in [1.807, 2.05) is 0 Å². The molecule has 0 bridgehead atoms. The molecular formula is C67H120O6. The van der Waals surface area contributed by atoms with Crippen molar-refractivity contribution in [1.82, 2.24) is 0 Å². The van der Waals surface area contributed by atoms with Gasteiger partial charge in [-0.05, 0) is 109 Å². The van der Waals surface area contributed by atoms with Gasteiger partial charge in [0.15, 0.2) is 6.10 Å². The maximum absolute atomic E-state index is 12.9. The van der Waals surface area contributed by atoms with Crippen molar-refractivity contribution in [3.05, 3.63) is 60.8 Å². The molecule has 0 amide bonds. The van der Waals surface area contributed by atoms with E-state index in [0.29, 0.717) is 19.3 Å². The molecule has 0 aliphatic rings. The summed E-state index contributed by atoms with van der Waals surface area (Å²) < 4.78 is 16.9. The summed E-state index contributed by atoms with van der Waals surface area (Å²) in [7, 11) is 0. The fourth-order valence-corrected chi connectivity index (χ4v) is 9.15. The van der Waals surface area contributed by atoms with Crippen LogP contribution >= 0.6 is 0 Å². The molecule has 73 heavy (non-hydrogen) atoms. The van der Waals surface area contributed by atoms with Crippen LogP contribution in [0.1, 0.15) is 329 Å². The molecule has 424 valence electrons. The van der Waals surface area contributed by atoms with E-state index in [1.165, 1.54) is 205 Å². The Morgan fingerprint density at radius 1 is 0.274 bits per heavy atom. The van der Waals surface area contributed by atoms with Gasteiger partial charge in [-0.3, -0.25) is 14.4 Å². The maximum Gasteiger partial charge on any atom is 0.306 e. The van der Waals surface area contributed by atoms with Gasteiger partial charge in [-0.2, -0.15) is 0 Å². The van der Waals surface area contributed by atoms with Gasteiger partial charge in [-0.15, -0.1) is 0 Å². The van der Waals surface area contributed by atoms with Crippen LogP contribution in [0, 0.1) is 0 Å². The lowest BCUT2D eigenvalue weighted by Crippen LogP contribution is -2.30. The SMILES string of the molecule is CCCCCC/C=C\CCCCCCCC(=O)OCC(COC(=O)CCCCCCCC/C=C\C/C=C\C/C=C\CCCCCCC)OC(=O)CCCCCCCCCCC/C=C\CCCCCCCCCC. The lowest BCUT2D eigenvalue weighted by Gasteiger charge is -2.18. The number of esters is 3. The number of hydrogen-bond acceptors (Lipinski definition) is 6. The van der Waals surface area contributed by atoms with E-state index in [1.54, 1.807) is 0 Å². The number of carbonyl (C=O) groups is 3. The maximum atomic E-state index is 12.9. The molecule has 6 nitrogen and oxygen atoms in total. The van der Waals surface area contributed by atoms with Crippen molar-refractivity contribution < 1.29 is 28.6 Å². The summed E-state index contributed by atoms with van der Waals surface area (Å²) in [5, 5.41) is 0. The van der Waals surface area contributed by atoms with Crippen molar-refractivity contribution in [3.8, 4) is 0 Å². The van der Waals surface area contributed by atoms with Gasteiger partial charge >= 0.3 is 17.9 Å². The zero-order chi connectivity index (χ0) is 52.9. The van der Waals surface area contributed by atoms with Crippen molar-refractivity contribution in [2.24, 2.45) is 0 Å². The highest BCUT2D eigenvalue weighted by molar-refractivity contribution is 5.71. The minimum absolute atomic E-state index is 0.0823. The second-order valence-electron chi connectivity index (χ2n) is 21.3. The van der Waals surface area contributed by atoms with Crippen molar-refractivity contribution >= 4 is 17.9 Å². The average Bonchev–Trinajstić information content (AvgIpc) is 3.39. The Bertz CT molecular complexity index is 1310. The van der Waals surface area contributed by atoms with Crippen molar-refractivity contribution in [3.63, 3.8) is 0 Å². The average molecular weight is 1020 g/mol. The van der Waals surface area contributed by atoms with Gasteiger partial charge in [-0.1, -0.05) is 261 Å². The van der Waals surface area contributed by atoms with Crippen molar-refractivity contribution in [2.45, 2.75) is 335 Å². The molecule has 0 spiro atoms. The Balaban J connectivity index is 4.35.